The van der Waals surface area contributed by atoms with Crippen molar-refractivity contribution in [3.05, 3.63) is 89.5 Å². The molecular weight excluding hydrogens is 444 g/mol. The lowest BCUT2D eigenvalue weighted by Crippen LogP contribution is -2.34. The molecule has 1 atom stereocenters. The van der Waals surface area contributed by atoms with Crippen molar-refractivity contribution in [2.24, 2.45) is 4.40 Å². The van der Waals surface area contributed by atoms with Crippen LogP contribution in [0.3, 0.4) is 0 Å². The molecule has 1 aliphatic heterocycles. The molecule has 0 amide bonds. The second-order valence-electron chi connectivity index (χ2n) is 8.82. The average molecular weight is 477 g/mol. The highest BCUT2D eigenvalue weighted by atomic mass is 32.2. The Morgan fingerprint density at radius 3 is 2.21 bits per heavy atom. The number of unbranched alkanes of at least 4 members (excludes halogenated alkanes) is 3. The summed E-state index contributed by atoms with van der Waals surface area (Å²) in [5.41, 5.74) is 3.95. The van der Waals surface area contributed by atoms with E-state index in [-0.39, 0.29) is 4.90 Å². The third-order valence-corrected chi connectivity index (χ3v) is 7.36. The number of para-hydroxylation sites is 2. The molecule has 0 saturated heterocycles. The Balaban J connectivity index is 1.79. The van der Waals surface area contributed by atoms with Gasteiger partial charge in [0.15, 0.2) is 0 Å². The normalized spacial score (nSPS) is 15.8. The van der Waals surface area contributed by atoms with Gasteiger partial charge < -0.3 is 4.74 Å². The molecule has 5 nitrogen and oxygen atoms in total. The summed E-state index contributed by atoms with van der Waals surface area (Å²) in [6.07, 6.45) is 4.16. The molecule has 1 heterocycles. The van der Waals surface area contributed by atoms with Gasteiger partial charge in [0.05, 0.1) is 10.6 Å². The Morgan fingerprint density at radius 2 is 1.53 bits per heavy atom. The van der Waals surface area contributed by atoms with Crippen molar-refractivity contribution in [2.45, 2.75) is 64.0 Å². The lowest BCUT2D eigenvalue weighted by molar-refractivity contribution is 0.242. The number of nitrogens with zero attached hydrogens (tertiary/aromatic N) is 2. The Hall–Kier alpha value is -3.12. The zero-order valence-electron chi connectivity index (χ0n) is 20.1. The summed E-state index contributed by atoms with van der Waals surface area (Å²) in [6.45, 7) is 6.14. The molecule has 0 saturated carbocycles. The molecule has 0 N–H and O–H groups in total. The van der Waals surface area contributed by atoms with Crippen LogP contribution in [0.25, 0.3) is 0 Å². The predicted octanol–water partition coefficient (Wildman–Crippen LogP) is 6.96. The highest BCUT2D eigenvalue weighted by molar-refractivity contribution is 7.90. The minimum Gasteiger partial charge on any atom is -0.464 e. The molecule has 4 rings (SSSR count). The Labute approximate surface area is 203 Å². The Morgan fingerprint density at radius 1 is 0.882 bits per heavy atom. The Kier molecular flexibility index (Phi) is 7.37. The molecule has 0 fully saturated rings. The summed E-state index contributed by atoms with van der Waals surface area (Å²) in [6, 6.07) is 22.7. The quantitative estimate of drug-likeness (QED) is 0.200. The smallest absolute Gasteiger partial charge is 0.283 e. The van der Waals surface area contributed by atoms with Gasteiger partial charge in [-0.05, 0) is 44.5 Å². The van der Waals surface area contributed by atoms with Crippen LogP contribution in [0.5, 0.6) is 5.75 Å². The molecule has 0 bridgehead atoms. The number of aryl methyl sites for hydroxylation is 2. The van der Waals surface area contributed by atoms with Crippen LogP contribution < -0.4 is 9.64 Å². The van der Waals surface area contributed by atoms with E-state index in [1.165, 1.54) is 0 Å². The number of amidine groups is 1. The monoisotopic (exact) mass is 476 g/mol. The first-order valence-corrected chi connectivity index (χ1v) is 13.3. The molecule has 3 aromatic rings. The second kappa shape index (κ2) is 10.4. The molecule has 1 aliphatic rings. The number of ether oxygens (including phenoxy) is 1. The van der Waals surface area contributed by atoms with Crippen molar-refractivity contribution in [1.82, 2.24) is 0 Å². The molecule has 6 heteroatoms. The van der Waals surface area contributed by atoms with Crippen molar-refractivity contribution >= 4 is 21.5 Å². The van der Waals surface area contributed by atoms with Gasteiger partial charge in [-0.3, -0.25) is 4.90 Å². The standard InChI is InChI=1S/C28H32N2O3S/c1-4-5-6-7-12-27(29-34(31,32)24-19-15-22(3)16-20-24)30-25-10-8-9-11-26(25)33-28(30)23-17-13-21(2)14-18-23/h8-11,13-20,28H,4-7,12H2,1-3H3/b29-27+. The number of rotatable bonds is 8. The van der Waals surface area contributed by atoms with Gasteiger partial charge in [0.25, 0.3) is 10.0 Å². The van der Waals surface area contributed by atoms with Gasteiger partial charge in [0.2, 0.25) is 6.23 Å². The summed E-state index contributed by atoms with van der Waals surface area (Å²) >= 11 is 0. The van der Waals surface area contributed by atoms with Crippen LogP contribution in [0.4, 0.5) is 5.69 Å². The highest BCUT2D eigenvalue weighted by Crippen LogP contribution is 2.44. The molecule has 1 unspecified atom stereocenters. The molecule has 3 aromatic carbocycles. The van der Waals surface area contributed by atoms with Crippen molar-refractivity contribution < 1.29 is 13.2 Å². The van der Waals surface area contributed by atoms with E-state index in [0.717, 1.165) is 53.8 Å². The topological polar surface area (TPSA) is 59.0 Å². The molecular formula is C28H32N2O3S. The minimum atomic E-state index is -3.88. The van der Waals surface area contributed by atoms with Crippen LogP contribution in [0.1, 0.15) is 61.9 Å². The number of sulfonamides is 1. The number of benzene rings is 3. The van der Waals surface area contributed by atoms with E-state index in [1.807, 2.05) is 67.3 Å². The summed E-state index contributed by atoms with van der Waals surface area (Å²) < 4.78 is 37.4. The van der Waals surface area contributed by atoms with Gasteiger partial charge >= 0.3 is 0 Å². The molecule has 0 aliphatic carbocycles. The van der Waals surface area contributed by atoms with Crippen molar-refractivity contribution in [3.8, 4) is 5.75 Å². The molecule has 178 valence electrons. The Bertz CT molecular complexity index is 1250. The van der Waals surface area contributed by atoms with E-state index >= 15 is 0 Å². The minimum absolute atomic E-state index is 0.199. The van der Waals surface area contributed by atoms with Gasteiger partial charge in [-0.2, -0.15) is 8.42 Å². The number of hydrogen-bond donors (Lipinski definition) is 0. The average Bonchev–Trinajstić information content (AvgIpc) is 3.21. The molecule has 0 aromatic heterocycles. The van der Waals surface area contributed by atoms with Crippen LogP contribution in [-0.2, 0) is 10.0 Å². The van der Waals surface area contributed by atoms with Crippen LogP contribution in [-0.4, -0.2) is 14.3 Å². The number of hydrogen-bond acceptors (Lipinski definition) is 3. The molecule has 0 radical (unpaired) electrons. The zero-order chi connectivity index (χ0) is 24.1. The van der Waals surface area contributed by atoms with E-state index in [0.29, 0.717) is 12.3 Å². The fourth-order valence-electron chi connectivity index (χ4n) is 4.10. The SMILES string of the molecule is CCCCCC/C(=N\S(=O)(=O)c1ccc(C)cc1)N1c2ccccc2OC1c1ccc(C)cc1. The summed E-state index contributed by atoms with van der Waals surface area (Å²) in [5, 5.41) is 0. The van der Waals surface area contributed by atoms with E-state index in [4.69, 9.17) is 4.74 Å². The van der Waals surface area contributed by atoms with E-state index < -0.39 is 16.3 Å². The second-order valence-corrected chi connectivity index (χ2v) is 10.4. The van der Waals surface area contributed by atoms with Gasteiger partial charge in [0, 0.05) is 12.0 Å². The van der Waals surface area contributed by atoms with Crippen molar-refractivity contribution in [3.63, 3.8) is 0 Å². The highest BCUT2D eigenvalue weighted by Gasteiger charge is 2.36. The van der Waals surface area contributed by atoms with Crippen molar-refractivity contribution in [2.75, 3.05) is 4.90 Å². The van der Waals surface area contributed by atoms with Crippen LogP contribution in [0, 0.1) is 13.8 Å². The maximum absolute atomic E-state index is 13.3. The first-order valence-electron chi connectivity index (χ1n) is 11.9. The number of fused-ring (bicyclic) bond motifs is 1. The third kappa shape index (κ3) is 5.33. The maximum atomic E-state index is 13.3. The van der Waals surface area contributed by atoms with E-state index in [9.17, 15) is 8.42 Å². The summed E-state index contributed by atoms with van der Waals surface area (Å²) in [5.74, 6) is 1.23. The van der Waals surface area contributed by atoms with Crippen LogP contribution in [0.2, 0.25) is 0 Å². The van der Waals surface area contributed by atoms with Gasteiger partial charge in [-0.25, -0.2) is 0 Å². The van der Waals surface area contributed by atoms with Gasteiger partial charge in [0.1, 0.15) is 11.6 Å². The predicted molar refractivity (Wildman–Crippen MR) is 138 cm³/mol. The fourth-order valence-corrected chi connectivity index (χ4v) is 5.14. The number of anilines is 1. The third-order valence-electron chi connectivity index (χ3n) is 6.04. The lowest BCUT2D eigenvalue weighted by Gasteiger charge is -2.27. The molecule has 0 spiro atoms. The van der Waals surface area contributed by atoms with E-state index in [2.05, 4.69) is 11.3 Å². The maximum Gasteiger partial charge on any atom is 0.283 e. The first kappa shape index (κ1) is 24.0. The largest absolute Gasteiger partial charge is 0.464 e. The summed E-state index contributed by atoms with van der Waals surface area (Å²) in [7, 11) is -3.88. The van der Waals surface area contributed by atoms with E-state index in [1.54, 1.807) is 24.3 Å². The first-order chi connectivity index (χ1) is 16.4. The van der Waals surface area contributed by atoms with Crippen LogP contribution >= 0.6 is 0 Å². The lowest BCUT2D eigenvalue weighted by atomic mass is 10.1. The molecule has 34 heavy (non-hydrogen) atoms. The fraction of sp³-hybridized carbons (Fsp3) is 0.321. The van der Waals surface area contributed by atoms with Crippen molar-refractivity contribution in [1.29, 1.82) is 0 Å². The van der Waals surface area contributed by atoms with Gasteiger partial charge in [-0.1, -0.05) is 85.8 Å². The van der Waals surface area contributed by atoms with Crippen LogP contribution in [0.15, 0.2) is 82.1 Å². The summed E-state index contributed by atoms with van der Waals surface area (Å²) in [4.78, 5) is 2.15. The van der Waals surface area contributed by atoms with Gasteiger partial charge in [-0.15, -0.1) is 4.40 Å². The zero-order valence-corrected chi connectivity index (χ0v) is 20.9.